The van der Waals surface area contributed by atoms with E-state index in [1.165, 1.54) is 0 Å². The molecule has 0 amide bonds. The summed E-state index contributed by atoms with van der Waals surface area (Å²) in [6.45, 7) is 0.529. The van der Waals surface area contributed by atoms with Gasteiger partial charge in [0.25, 0.3) is 6.61 Å². The van der Waals surface area contributed by atoms with Crippen LogP contribution in [-0.2, 0) is 16.7 Å². The first-order valence-electron chi connectivity index (χ1n) is 7.31. The fraction of sp³-hybridized carbons (Fsp3) is 0.235. The van der Waals surface area contributed by atoms with Crippen LogP contribution in [0.4, 0.5) is 13.2 Å². The van der Waals surface area contributed by atoms with E-state index < -0.39 is 15.6 Å². The van der Waals surface area contributed by atoms with E-state index in [2.05, 4.69) is 0 Å². The van der Waals surface area contributed by atoms with Gasteiger partial charge < -0.3 is 14.0 Å². The molecule has 2 aromatic rings. The van der Waals surface area contributed by atoms with Crippen LogP contribution >= 0.6 is 0 Å². The van der Waals surface area contributed by atoms with Crippen molar-refractivity contribution >= 4 is 16.4 Å². The molecule has 0 fully saturated rings. The van der Waals surface area contributed by atoms with Crippen molar-refractivity contribution in [3.8, 4) is 11.5 Å². The van der Waals surface area contributed by atoms with Gasteiger partial charge in [-0.1, -0.05) is 18.2 Å². The lowest BCUT2D eigenvalue weighted by molar-refractivity contribution is -0.282. The monoisotopic (exact) mass is 406 g/mol. The quantitative estimate of drug-likeness (QED) is 0.329. The number of hydrogen-bond donors (Lipinski definition) is 0. The van der Waals surface area contributed by atoms with Gasteiger partial charge >= 0.3 is 11.8 Å². The second-order valence-electron chi connectivity index (χ2n) is 4.92. The third-order valence-electron chi connectivity index (χ3n) is 3.02. The SMILES string of the molecule is COc1ccc(OC)c(C=[O+]Cc2ccccc2)c1.O=S(=O)([O-])C(F)(F)F. The minimum Gasteiger partial charge on any atom is -0.741 e. The second kappa shape index (κ2) is 9.93. The molecule has 0 unspecified atom stereocenters. The van der Waals surface area contributed by atoms with Crippen molar-refractivity contribution in [2.45, 2.75) is 12.1 Å². The van der Waals surface area contributed by atoms with Crippen LogP contribution in [0.2, 0.25) is 0 Å². The van der Waals surface area contributed by atoms with Gasteiger partial charge in [0.1, 0.15) is 17.1 Å². The number of hydrogen-bond acceptors (Lipinski definition) is 5. The number of halogens is 3. The summed E-state index contributed by atoms with van der Waals surface area (Å²) >= 11 is 0. The summed E-state index contributed by atoms with van der Waals surface area (Å²) in [7, 11) is -2.82. The lowest BCUT2D eigenvalue weighted by atomic mass is 10.2. The Kier molecular flexibility index (Phi) is 8.26. The summed E-state index contributed by atoms with van der Waals surface area (Å²) < 4.78 is 75.0. The standard InChI is InChI=1S/C16H17O3.CHF3O3S/c1-17-15-8-9-16(18-2)14(10-15)12-19-11-13-6-4-3-5-7-13;2-1(3,4)8(5,6)7/h3-10,12H,11H2,1-2H3;(H,5,6,7)/q+1;/p-1. The van der Waals surface area contributed by atoms with Gasteiger partial charge in [0.15, 0.2) is 10.1 Å². The number of methoxy groups -OCH3 is 2. The highest BCUT2D eigenvalue weighted by Crippen LogP contribution is 2.22. The van der Waals surface area contributed by atoms with Gasteiger partial charge in [-0.15, -0.1) is 0 Å². The number of alkyl halides is 3. The highest BCUT2D eigenvalue weighted by molar-refractivity contribution is 7.86. The van der Waals surface area contributed by atoms with Crippen LogP contribution < -0.4 is 9.47 Å². The second-order valence-corrected chi connectivity index (χ2v) is 6.29. The molecular formula is C17H17F3O6S. The van der Waals surface area contributed by atoms with Crippen molar-refractivity contribution in [1.29, 1.82) is 0 Å². The summed E-state index contributed by atoms with van der Waals surface area (Å²) in [6, 6.07) is 15.6. The van der Waals surface area contributed by atoms with Crippen LogP contribution in [0.3, 0.4) is 0 Å². The Morgan fingerprint density at radius 2 is 1.67 bits per heavy atom. The summed E-state index contributed by atoms with van der Waals surface area (Å²) in [4.78, 5) is 0. The van der Waals surface area contributed by atoms with Gasteiger partial charge in [-0.3, -0.25) is 4.42 Å². The van der Waals surface area contributed by atoms with Gasteiger partial charge in [0.05, 0.1) is 14.2 Å². The van der Waals surface area contributed by atoms with Gasteiger partial charge in [-0.25, -0.2) is 8.42 Å². The Morgan fingerprint density at radius 3 is 2.15 bits per heavy atom. The highest BCUT2D eigenvalue weighted by atomic mass is 32.2. The molecule has 0 saturated carbocycles. The molecule has 2 rings (SSSR count). The molecule has 148 valence electrons. The summed E-state index contributed by atoms with van der Waals surface area (Å²) in [6.07, 6.45) is 1.69. The highest BCUT2D eigenvalue weighted by Gasteiger charge is 2.36. The van der Waals surface area contributed by atoms with E-state index >= 15 is 0 Å². The zero-order valence-corrected chi connectivity index (χ0v) is 15.2. The Balaban J connectivity index is 0.000000387. The average molecular weight is 406 g/mol. The number of ether oxygens (including phenoxy) is 2. The van der Waals surface area contributed by atoms with Crippen LogP contribution in [0.15, 0.2) is 48.5 Å². The molecule has 10 heteroatoms. The van der Waals surface area contributed by atoms with E-state index in [9.17, 15) is 13.2 Å². The van der Waals surface area contributed by atoms with Crippen LogP contribution in [0, 0.1) is 0 Å². The molecule has 0 saturated heterocycles. The Labute approximate surface area is 154 Å². The zero-order valence-electron chi connectivity index (χ0n) is 14.4. The molecule has 0 bridgehead atoms. The maximum Gasteiger partial charge on any atom is 0.485 e. The van der Waals surface area contributed by atoms with Crippen LogP contribution in [0.1, 0.15) is 15.6 Å². The average Bonchev–Trinajstić information content (AvgIpc) is 2.61. The van der Waals surface area contributed by atoms with E-state index in [0.29, 0.717) is 6.61 Å². The molecule has 27 heavy (non-hydrogen) atoms. The van der Waals surface area contributed by atoms with Crippen molar-refractivity contribution in [1.82, 2.24) is 0 Å². The number of benzene rings is 2. The van der Waals surface area contributed by atoms with E-state index in [4.69, 9.17) is 26.9 Å². The topological polar surface area (TPSA) is 87.0 Å². The number of rotatable bonds is 5. The molecule has 6 nitrogen and oxygen atoms in total. The molecule has 0 N–H and O–H groups in total. The van der Waals surface area contributed by atoms with Crippen LogP contribution in [-0.4, -0.2) is 39.0 Å². The minimum atomic E-state index is -6.09. The Hall–Kier alpha value is -2.59. The fourth-order valence-corrected chi connectivity index (χ4v) is 1.73. The van der Waals surface area contributed by atoms with Gasteiger partial charge in [0.2, 0.25) is 0 Å². The molecule has 0 aliphatic heterocycles. The predicted octanol–water partition coefficient (Wildman–Crippen LogP) is 3.30. The van der Waals surface area contributed by atoms with E-state index in [1.807, 2.05) is 48.5 Å². The van der Waals surface area contributed by atoms with Crippen molar-refractivity contribution in [2.24, 2.45) is 0 Å². The third kappa shape index (κ3) is 7.67. The molecule has 0 radical (unpaired) electrons. The first kappa shape index (κ1) is 22.5. The first-order valence-corrected chi connectivity index (χ1v) is 8.72. The fourth-order valence-electron chi connectivity index (χ4n) is 1.73. The van der Waals surface area contributed by atoms with Crippen LogP contribution in [0.25, 0.3) is 0 Å². The molecule has 2 aromatic carbocycles. The summed E-state index contributed by atoms with van der Waals surface area (Å²) in [5.41, 5.74) is -3.66. The van der Waals surface area contributed by atoms with Crippen molar-refractivity contribution in [3.05, 3.63) is 59.7 Å². The van der Waals surface area contributed by atoms with Gasteiger partial charge in [-0.2, -0.15) is 13.2 Å². The molecule has 0 aromatic heterocycles. The van der Waals surface area contributed by atoms with Gasteiger partial charge in [0, 0.05) is 5.56 Å². The lowest BCUT2D eigenvalue weighted by Gasteiger charge is -2.08. The molecule has 0 spiro atoms. The molecule has 0 aliphatic rings. The third-order valence-corrected chi connectivity index (χ3v) is 3.59. The smallest absolute Gasteiger partial charge is 0.485 e. The normalized spacial score (nSPS) is 11.6. The maximum absolute atomic E-state index is 10.7. The van der Waals surface area contributed by atoms with Crippen molar-refractivity contribution in [3.63, 3.8) is 0 Å². The zero-order chi connectivity index (χ0) is 20.5. The first-order chi connectivity index (χ1) is 12.6. The number of carbonyl (C=O) groups excluding carboxylic acids is 1. The van der Waals surface area contributed by atoms with E-state index in [-0.39, 0.29) is 0 Å². The van der Waals surface area contributed by atoms with Crippen LogP contribution in [0.5, 0.6) is 11.5 Å². The predicted molar refractivity (Wildman–Crippen MR) is 90.8 cm³/mol. The van der Waals surface area contributed by atoms with Gasteiger partial charge in [-0.05, 0) is 30.3 Å². The molecule has 0 heterocycles. The maximum atomic E-state index is 10.7. The largest absolute Gasteiger partial charge is 0.741 e. The summed E-state index contributed by atoms with van der Waals surface area (Å²) in [5.74, 6) is 1.53. The Bertz CT molecular complexity index is 849. The summed E-state index contributed by atoms with van der Waals surface area (Å²) in [5, 5.41) is 0. The van der Waals surface area contributed by atoms with Crippen molar-refractivity contribution in [2.75, 3.05) is 14.2 Å². The molecule has 0 atom stereocenters. The molecular weight excluding hydrogens is 389 g/mol. The Morgan fingerprint density at radius 1 is 1.07 bits per heavy atom. The minimum absolute atomic E-state index is 0.529. The number of aldehydes is 1. The van der Waals surface area contributed by atoms with E-state index in [1.54, 1.807) is 20.5 Å². The molecule has 0 aliphatic carbocycles. The van der Waals surface area contributed by atoms with E-state index in [0.717, 1.165) is 22.6 Å². The lowest BCUT2D eigenvalue weighted by Crippen LogP contribution is -2.21. The van der Waals surface area contributed by atoms with Crippen molar-refractivity contribution < 1.29 is 40.0 Å².